The minimum atomic E-state index is -1.39. The van der Waals surface area contributed by atoms with Crippen LogP contribution in [0.3, 0.4) is 0 Å². The first-order chi connectivity index (χ1) is 12.7. The summed E-state index contributed by atoms with van der Waals surface area (Å²) in [5.41, 5.74) is 17.8. The number of aliphatic hydroxyl groups is 2. The van der Waals surface area contributed by atoms with Gasteiger partial charge in [0.2, 0.25) is 11.8 Å². The van der Waals surface area contributed by atoms with Crippen molar-refractivity contribution >= 4 is 17.6 Å². The van der Waals surface area contributed by atoms with E-state index in [9.17, 15) is 19.5 Å². The first kappa shape index (κ1) is 22.9. The summed E-state index contributed by atoms with van der Waals surface area (Å²) < 4.78 is 0. The molecule has 0 aliphatic rings. The zero-order valence-electron chi connectivity index (χ0n) is 15.4. The van der Waals surface area contributed by atoms with Gasteiger partial charge in [0, 0.05) is 6.04 Å². The maximum atomic E-state index is 12.9. The topological polar surface area (TPSA) is 173 Å². The number of imide groups is 1. The highest BCUT2D eigenvalue weighted by molar-refractivity contribution is 6.07. The molecule has 1 rings (SSSR count). The fourth-order valence-corrected chi connectivity index (χ4v) is 2.54. The number of carbonyl (C=O) groups is 3. The number of aliphatic hydroxyl groups excluding tert-OH is 2. The maximum Gasteiger partial charge on any atom is 0.249 e. The zero-order valence-corrected chi connectivity index (χ0v) is 15.4. The Kier molecular flexibility index (Phi) is 8.67. The van der Waals surface area contributed by atoms with E-state index >= 15 is 0 Å². The largest absolute Gasteiger partial charge is 0.395 e. The van der Waals surface area contributed by atoms with E-state index in [1.807, 2.05) is 0 Å². The van der Waals surface area contributed by atoms with Gasteiger partial charge in [0.05, 0.1) is 31.2 Å². The number of carbonyl (C=O) groups excluding carboxylic acids is 3. The predicted octanol–water partition coefficient (Wildman–Crippen LogP) is -1.77. The molecule has 0 aliphatic heterocycles. The molecule has 4 atom stereocenters. The van der Waals surface area contributed by atoms with Crippen LogP contribution in [0.4, 0.5) is 0 Å². The molecule has 0 fully saturated rings. The molecule has 0 heterocycles. The predicted molar refractivity (Wildman–Crippen MR) is 98.7 cm³/mol. The van der Waals surface area contributed by atoms with Crippen LogP contribution in [-0.2, 0) is 14.4 Å². The van der Waals surface area contributed by atoms with E-state index in [1.165, 1.54) is 13.8 Å². The first-order valence-electron chi connectivity index (χ1n) is 8.47. The molecular formula is C18H27N4O5. The van der Waals surface area contributed by atoms with Crippen LogP contribution in [0.15, 0.2) is 30.3 Å². The number of amides is 2. The van der Waals surface area contributed by atoms with Crippen LogP contribution < -0.4 is 17.2 Å². The third-order valence-corrected chi connectivity index (χ3v) is 4.17. The van der Waals surface area contributed by atoms with Crippen LogP contribution in [0.2, 0.25) is 0 Å². The Morgan fingerprint density at radius 2 is 1.56 bits per heavy atom. The van der Waals surface area contributed by atoms with Crippen molar-refractivity contribution in [1.29, 1.82) is 0 Å². The molecule has 27 heavy (non-hydrogen) atoms. The molecule has 0 saturated carbocycles. The summed E-state index contributed by atoms with van der Waals surface area (Å²) in [6.07, 6.45) is 0. The Balaban J connectivity index is 3.17. The lowest BCUT2D eigenvalue weighted by Crippen LogP contribution is -2.58. The Bertz CT molecular complexity index is 652. The fourth-order valence-electron chi connectivity index (χ4n) is 2.54. The Labute approximate surface area is 158 Å². The molecular weight excluding hydrogens is 352 g/mol. The van der Waals surface area contributed by atoms with Crippen LogP contribution in [0.1, 0.15) is 25.5 Å². The van der Waals surface area contributed by atoms with Crippen molar-refractivity contribution in [2.45, 2.75) is 38.0 Å². The van der Waals surface area contributed by atoms with Crippen molar-refractivity contribution in [3.63, 3.8) is 0 Å². The van der Waals surface area contributed by atoms with Gasteiger partial charge in [-0.05, 0) is 19.4 Å². The Hall–Kier alpha value is -2.17. The number of hydrogen-bond acceptors (Lipinski definition) is 8. The molecule has 0 spiro atoms. The lowest BCUT2D eigenvalue weighted by atomic mass is 9.87. The van der Waals surface area contributed by atoms with E-state index in [0.717, 1.165) is 0 Å². The number of nitrogens with two attached hydrogens (primary N) is 3. The first-order valence-corrected chi connectivity index (χ1v) is 8.47. The molecule has 8 N–H and O–H groups in total. The second kappa shape index (κ2) is 10.2. The van der Waals surface area contributed by atoms with Crippen LogP contribution in [-0.4, -0.2) is 64.0 Å². The second-order valence-electron chi connectivity index (χ2n) is 6.24. The number of benzene rings is 1. The standard InChI is InChI=1S/C18H27N4O5/c1-10(19)17(26)22(18(27)14(20)9-24)11(2)16(25)13(8-23)15(21)12-6-4-3-5-7-12/h3-7,10-11,14-15,23-24H,8-9,19-21H2,1-2H3/t10-,11-,14-,15?/m0/s1. The highest BCUT2D eigenvalue weighted by atomic mass is 16.3. The summed E-state index contributed by atoms with van der Waals surface area (Å²) in [5.74, 6) is -2.52. The van der Waals surface area contributed by atoms with Gasteiger partial charge >= 0.3 is 0 Å². The number of ketones is 1. The molecule has 0 aromatic heterocycles. The van der Waals surface area contributed by atoms with E-state index in [2.05, 4.69) is 0 Å². The molecule has 1 aromatic carbocycles. The van der Waals surface area contributed by atoms with Gasteiger partial charge < -0.3 is 27.4 Å². The van der Waals surface area contributed by atoms with Crippen molar-refractivity contribution in [3.8, 4) is 0 Å². The van der Waals surface area contributed by atoms with Crippen molar-refractivity contribution in [2.24, 2.45) is 17.2 Å². The van der Waals surface area contributed by atoms with Gasteiger partial charge in [0.25, 0.3) is 0 Å². The fraction of sp³-hybridized carbons (Fsp3) is 0.444. The molecule has 1 aromatic rings. The molecule has 0 bridgehead atoms. The summed E-state index contributed by atoms with van der Waals surface area (Å²) in [6, 6.07) is 3.94. The van der Waals surface area contributed by atoms with E-state index < -0.39 is 55.0 Å². The monoisotopic (exact) mass is 379 g/mol. The highest BCUT2D eigenvalue weighted by Gasteiger charge is 2.39. The van der Waals surface area contributed by atoms with Crippen molar-refractivity contribution in [2.75, 3.05) is 13.2 Å². The van der Waals surface area contributed by atoms with Crippen molar-refractivity contribution in [3.05, 3.63) is 41.8 Å². The van der Waals surface area contributed by atoms with Gasteiger partial charge in [0.1, 0.15) is 6.04 Å². The third kappa shape index (κ3) is 5.41. The average molecular weight is 379 g/mol. The Morgan fingerprint density at radius 3 is 2.00 bits per heavy atom. The van der Waals surface area contributed by atoms with E-state index in [4.69, 9.17) is 22.3 Å². The lowest BCUT2D eigenvalue weighted by Gasteiger charge is -2.32. The summed E-state index contributed by atoms with van der Waals surface area (Å²) in [5, 5.41) is 18.8. The minimum Gasteiger partial charge on any atom is -0.395 e. The molecule has 9 heteroatoms. The zero-order chi connectivity index (χ0) is 20.7. The van der Waals surface area contributed by atoms with Gasteiger partial charge in [-0.1, -0.05) is 30.3 Å². The number of rotatable bonds is 9. The molecule has 149 valence electrons. The van der Waals surface area contributed by atoms with Gasteiger partial charge in [-0.15, -0.1) is 0 Å². The molecule has 1 radical (unpaired) electrons. The average Bonchev–Trinajstić information content (AvgIpc) is 2.67. The van der Waals surface area contributed by atoms with Crippen LogP contribution in [0.5, 0.6) is 0 Å². The lowest BCUT2D eigenvalue weighted by molar-refractivity contribution is -0.152. The summed E-state index contributed by atoms with van der Waals surface area (Å²) >= 11 is 0. The van der Waals surface area contributed by atoms with Crippen molar-refractivity contribution < 1.29 is 24.6 Å². The van der Waals surface area contributed by atoms with Crippen LogP contribution in [0.25, 0.3) is 0 Å². The SMILES string of the molecule is C[C@H](N)C(=O)N(C(=O)[C@@H](N)CO)[C@@H](C)C(=O)[C](CO)C(N)c1ccccc1. The molecule has 0 aliphatic carbocycles. The number of nitrogens with zero attached hydrogens (tertiary/aromatic N) is 1. The second-order valence-corrected chi connectivity index (χ2v) is 6.24. The van der Waals surface area contributed by atoms with E-state index in [0.29, 0.717) is 10.5 Å². The quantitative estimate of drug-likeness (QED) is 0.335. The van der Waals surface area contributed by atoms with Gasteiger partial charge in [-0.25, -0.2) is 0 Å². The summed E-state index contributed by atoms with van der Waals surface area (Å²) in [4.78, 5) is 38.3. The Morgan fingerprint density at radius 1 is 1.00 bits per heavy atom. The van der Waals surface area contributed by atoms with Crippen LogP contribution >= 0.6 is 0 Å². The minimum absolute atomic E-state index is 0.0680. The molecule has 1 unspecified atom stereocenters. The van der Waals surface area contributed by atoms with E-state index in [1.54, 1.807) is 30.3 Å². The maximum absolute atomic E-state index is 12.9. The molecule has 2 amide bonds. The summed E-state index contributed by atoms with van der Waals surface area (Å²) in [6.45, 7) is 1.32. The molecule has 9 nitrogen and oxygen atoms in total. The van der Waals surface area contributed by atoms with Crippen LogP contribution in [0, 0.1) is 5.92 Å². The van der Waals surface area contributed by atoms with Gasteiger partial charge in [-0.2, -0.15) is 0 Å². The highest BCUT2D eigenvalue weighted by Crippen LogP contribution is 2.24. The smallest absolute Gasteiger partial charge is 0.249 e. The molecule has 0 saturated heterocycles. The van der Waals surface area contributed by atoms with Crippen molar-refractivity contribution in [1.82, 2.24) is 4.90 Å². The third-order valence-electron chi connectivity index (χ3n) is 4.17. The normalized spacial score (nSPS) is 15.7. The van der Waals surface area contributed by atoms with Gasteiger partial charge in [0.15, 0.2) is 5.78 Å². The summed E-state index contributed by atoms with van der Waals surface area (Å²) in [7, 11) is 0. The number of Topliss-reactive ketones (excluding diaryl/α,β-unsaturated/α-hetero) is 1. The van der Waals surface area contributed by atoms with Gasteiger partial charge in [-0.3, -0.25) is 19.3 Å². The number of hydrogen-bond donors (Lipinski definition) is 5. The van der Waals surface area contributed by atoms with E-state index in [-0.39, 0.29) is 5.92 Å².